The second-order valence-corrected chi connectivity index (χ2v) is 3.69. The largest absolute Gasteiger partial charge is 0.478 e. The molecule has 0 atom stereocenters. The van der Waals surface area contributed by atoms with E-state index >= 15 is 0 Å². The van der Waals surface area contributed by atoms with Crippen LogP contribution in [0.25, 0.3) is 0 Å². The lowest BCUT2D eigenvalue weighted by atomic mass is 10.2. The molecule has 3 heteroatoms. The molecule has 0 spiro atoms. The van der Waals surface area contributed by atoms with Crippen molar-refractivity contribution >= 4 is 5.97 Å². The highest BCUT2D eigenvalue weighted by Crippen LogP contribution is 2.20. The van der Waals surface area contributed by atoms with Crippen LogP contribution in [0.3, 0.4) is 0 Å². The molecule has 0 aliphatic rings. The first-order valence-electron chi connectivity index (χ1n) is 5.78. The Morgan fingerprint density at radius 2 is 1.89 bits per heavy atom. The van der Waals surface area contributed by atoms with E-state index < -0.39 is 5.97 Å². The van der Waals surface area contributed by atoms with Gasteiger partial charge in [-0.3, -0.25) is 0 Å². The molecule has 0 heterocycles. The molecule has 0 fully saturated rings. The van der Waals surface area contributed by atoms with E-state index in [9.17, 15) is 4.79 Å². The fourth-order valence-electron chi connectivity index (χ4n) is 1.34. The molecule has 0 aliphatic carbocycles. The molecule has 1 rings (SSSR count). The minimum absolute atomic E-state index is 0.144. The highest BCUT2D eigenvalue weighted by Gasteiger charge is 2.10. The van der Waals surface area contributed by atoms with Crippen molar-refractivity contribution in [3.63, 3.8) is 0 Å². The molecular weight excluding hydrogens is 240 g/mol. The van der Waals surface area contributed by atoms with E-state index in [4.69, 9.17) is 9.84 Å². The average molecular weight is 256 g/mol. The first-order valence-corrected chi connectivity index (χ1v) is 5.78. The second-order valence-electron chi connectivity index (χ2n) is 3.69. The van der Waals surface area contributed by atoms with Gasteiger partial charge in [0.25, 0.3) is 0 Å². The number of benzene rings is 1. The van der Waals surface area contributed by atoms with Gasteiger partial charge in [0.15, 0.2) is 0 Å². The maximum absolute atomic E-state index is 11.0. The summed E-state index contributed by atoms with van der Waals surface area (Å²) in [6.45, 7) is 5.32. The van der Waals surface area contributed by atoms with E-state index in [-0.39, 0.29) is 5.56 Å². The summed E-state index contributed by atoms with van der Waals surface area (Å²) < 4.78 is 5.50. The van der Waals surface area contributed by atoms with Crippen molar-refractivity contribution in [2.24, 2.45) is 0 Å². The topological polar surface area (TPSA) is 46.5 Å². The van der Waals surface area contributed by atoms with Gasteiger partial charge in [-0.1, -0.05) is 49.1 Å². The van der Waals surface area contributed by atoms with Gasteiger partial charge in [-0.25, -0.2) is 4.79 Å². The number of ether oxygens (including phenoxy) is 1. The maximum atomic E-state index is 11.0. The van der Waals surface area contributed by atoms with Gasteiger partial charge < -0.3 is 9.84 Å². The zero-order chi connectivity index (χ0) is 14.1. The Labute approximate surface area is 112 Å². The number of rotatable bonds is 6. The third-order valence-electron chi connectivity index (χ3n) is 2.19. The highest BCUT2D eigenvalue weighted by molar-refractivity contribution is 5.90. The SMILES string of the molecule is C=CC=CC=CC=C(C)Oc1ccccc1C(=O)O. The Kier molecular flexibility index (Phi) is 5.89. The predicted octanol–water partition coefficient (Wildman–Crippen LogP) is 3.97. The molecule has 0 saturated carbocycles. The van der Waals surface area contributed by atoms with E-state index in [1.807, 2.05) is 12.2 Å². The van der Waals surface area contributed by atoms with Crippen LogP contribution in [0.1, 0.15) is 17.3 Å². The van der Waals surface area contributed by atoms with Crippen LogP contribution in [0.15, 0.2) is 73.1 Å². The molecule has 0 bridgehead atoms. The number of carbonyl (C=O) groups is 1. The van der Waals surface area contributed by atoms with Crippen LogP contribution >= 0.6 is 0 Å². The van der Waals surface area contributed by atoms with Gasteiger partial charge in [-0.15, -0.1) is 0 Å². The van der Waals surface area contributed by atoms with Crippen LogP contribution < -0.4 is 4.74 Å². The molecule has 98 valence electrons. The zero-order valence-corrected chi connectivity index (χ0v) is 10.7. The lowest BCUT2D eigenvalue weighted by Crippen LogP contribution is -2.01. The van der Waals surface area contributed by atoms with E-state index in [1.54, 1.807) is 49.4 Å². The molecule has 0 radical (unpaired) electrons. The molecule has 1 aromatic rings. The second kappa shape index (κ2) is 7.71. The van der Waals surface area contributed by atoms with Gasteiger partial charge in [0.1, 0.15) is 17.1 Å². The van der Waals surface area contributed by atoms with Gasteiger partial charge in [-0.2, -0.15) is 0 Å². The average Bonchev–Trinajstić information content (AvgIpc) is 2.39. The summed E-state index contributed by atoms with van der Waals surface area (Å²) in [5.74, 6) is -0.0661. The summed E-state index contributed by atoms with van der Waals surface area (Å²) in [7, 11) is 0. The van der Waals surface area contributed by atoms with Crippen LogP contribution in [0, 0.1) is 0 Å². The fraction of sp³-hybridized carbons (Fsp3) is 0.0625. The zero-order valence-electron chi connectivity index (χ0n) is 10.7. The molecule has 3 nitrogen and oxygen atoms in total. The third kappa shape index (κ3) is 5.08. The monoisotopic (exact) mass is 256 g/mol. The van der Waals surface area contributed by atoms with Crippen molar-refractivity contribution in [1.29, 1.82) is 0 Å². The molecule has 1 aromatic carbocycles. The van der Waals surface area contributed by atoms with Gasteiger partial charge in [0, 0.05) is 0 Å². The first-order chi connectivity index (χ1) is 9.15. The van der Waals surface area contributed by atoms with Crippen LogP contribution in [-0.4, -0.2) is 11.1 Å². The lowest BCUT2D eigenvalue weighted by molar-refractivity contribution is 0.0694. The normalized spacial score (nSPS) is 11.9. The van der Waals surface area contributed by atoms with Crippen molar-refractivity contribution < 1.29 is 14.6 Å². The maximum Gasteiger partial charge on any atom is 0.339 e. The van der Waals surface area contributed by atoms with E-state index in [2.05, 4.69) is 6.58 Å². The smallest absolute Gasteiger partial charge is 0.339 e. The number of aromatic carboxylic acids is 1. The van der Waals surface area contributed by atoms with Crippen molar-refractivity contribution in [1.82, 2.24) is 0 Å². The van der Waals surface area contributed by atoms with Crippen LogP contribution in [0.2, 0.25) is 0 Å². The molecular formula is C16H16O3. The highest BCUT2D eigenvalue weighted by atomic mass is 16.5. The van der Waals surface area contributed by atoms with Gasteiger partial charge >= 0.3 is 5.97 Å². The van der Waals surface area contributed by atoms with Gasteiger partial charge in [0.05, 0.1) is 0 Å². The molecule has 0 unspecified atom stereocenters. The number of allylic oxidation sites excluding steroid dienone is 7. The van der Waals surface area contributed by atoms with Gasteiger partial charge in [-0.05, 0) is 25.1 Å². The Morgan fingerprint density at radius 3 is 2.58 bits per heavy atom. The molecule has 19 heavy (non-hydrogen) atoms. The Hall–Kier alpha value is -2.55. The summed E-state index contributed by atoms with van der Waals surface area (Å²) in [4.78, 5) is 11.0. The molecule has 0 amide bonds. The van der Waals surface area contributed by atoms with Crippen molar-refractivity contribution in [2.75, 3.05) is 0 Å². The quantitative estimate of drug-likeness (QED) is 0.619. The Bertz CT molecular complexity index is 537. The molecule has 0 saturated heterocycles. The van der Waals surface area contributed by atoms with Crippen molar-refractivity contribution in [3.8, 4) is 5.75 Å². The van der Waals surface area contributed by atoms with E-state index in [0.29, 0.717) is 11.5 Å². The molecule has 1 N–H and O–H groups in total. The minimum atomic E-state index is -1.01. The standard InChI is InChI=1S/C16H16O3/c1-3-4-5-6-7-10-13(2)19-15-12-9-8-11-14(15)16(17)18/h3-12H,1H2,2H3,(H,17,18). The number of hydrogen-bond donors (Lipinski definition) is 1. The summed E-state index contributed by atoms with van der Waals surface area (Å²) in [5.41, 5.74) is 0.144. The lowest BCUT2D eigenvalue weighted by Gasteiger charge is -2.07. The third-order valence-corrected chi connectivity index (χ3v) is 2.19. The number of carboxylic acids is 1. The van der Waals surface area contributed by atoms with E-state index in [1.165, 1.54) is 6.07 Å². The number of para-hydroxylation sites is 1. The summed E-state index contributed by atoms with van der Waals surface area (Å²) in [5, 5.41) is 9.02. The predicted molar refractivity (Wildman–Crippen MR) is 76.3 cm³/mol. The number of hydrogen-bond acceptors (Lipinski definition) is 2. The van der Waals surface area contributed by atoms with E-state index in [0.717, 1.165) is 0 Å². The summed E-state index contributed by atoms with van der Waals surface area (Å²) >= 11 is 0. The van der Waals surface area contributed by atoms with Gasteiger partial charge in [0.2, 0.25) is 0 Å². The van der Waals surface area contributed by atoms with Crippen LogP contribution in [0.5, 0.6) is 5.75 Å². The summed E-state index contributed by atoms with van der Waals surface area (Å²) in [6.07, 6.45) is 10.7. The Balaban J connectivity index is 2.76. The first kappa shape index (κ1) is 14.5. The molecule has 0 aliphatic heterocycles. The van der Waals surface area contributed by atoms with Crippen LogP contribution in [-0.2, 0) is 0 Å². The summed E-state index contributed by atoms with van der Waals surface area (Å²) in [6, 6.07) is 6.53. The fourth-order valence-corrected chi connectivity index (χ4v) is 1.34. The Morgan fingerprint density at radius 1 is 1.21 bits per heavy atom. The van der Waals surface area contributed by atoms with Crippen LogP contribution in [0.4, 0.5) is 0 Å². The number of carboxylic acid groups (broad SMARTS) is 1. The minimum Gasteiger partial charge on any atom is -0.478 e. The van der Waals surface area contributed by atoms with Crippen molar-refractivity contribution in [3.05, 3.63) is 78.6 Å². The molecule has 0 aromatic heterocycles. The van der Waals surface area contributed by atoms with Crippen molar-refractivity contribution in [2.45, 2.75) is 6.92 Å².